The van der Waals surface area contributed by atoms with Gasteiger partial charge in [-0.1, -0.05) is 24.3 Å². The number of carbonyl (C=O) groups excluding carboxylic acids is 2. The van der Waals surface area contributed by atoms with Crippen molar-refractivity contribution in [3.8, 4) is 0 Å². The Morgan fingerprint density at radius 3 is 2.59 bits per heavy atom. The van der Waals surface area contributed by atoms with Crippen molar-refractivity contribution >= 4 is 35.7 Å². The highest BCUT2D eigenvalue weighted by molar-refractivity contribution is 6.02. The van der Waals surface area contributed by atoms with Gasteiger partial charge in [0.2, 0.25) is 0 Å². The quantitative estimate of drug-likeness (QED) is 0.632. The molecule has 1 atom stereocenters. The van der Waals surface area contributed by atoms with Gasteiger partial charge in [0.25, 0.3) is 5.91 Å². The third kappa shape index (κ3) is 5.98. The number of anilines is 2. The molecule has 1 saturated heterocycles. The Morgan fingerprint density at radius 1 is 1.11 bits per heavy atom. The third-order valence-electron chi connectivity index (χ3n) is 4.45. The van der Waals surface area contributed by atoms with E-state index in [9.17, 15) is 9.59 Å². The lowest BCUT2D eigenvalue weighted by molar-refractivity contribution is 0.0950. The zero-order valence-corrected chi connectivity index (χ0v) is 16.1. The third-order valence-corrected chi connectivity index (χ3v) is 4.45. The van der Waals surface area contributed by atoms with Gasteiger partial charge in [0.1, 0.15) is 0 Å². The van der Waals surface area contributed by atoms with Crippen LogP contribution in [0, 0.1) is 6.92 Å². The largest absolute Gasteiger partial charge is 0.350 e. The van der Waals surface area contributed by atoms with Gasteiger partial charge in [-0.2, -0.15) is 0 Å². The molecule has 144 valence electrons. The number of halogens is 1. The summed E-state index contributed by atoms with van der Waals surface area (Å²) >= 11 is 0. The molecule has 3 rings (SSSR count). The normalized spacial score (nSPS) is 15.5. The summed E-state index contributed by atoms with van der Waals surface area (Å²) in [4.78, 5) is 24.6. The minimum atomic E-state index is -0.341. The number of benzene rings is 2. The molecule has 3 amide bonds. The molecule has 0 radical (unpaired) electrons. The molecule has 1 fully saturated rings. The molecule has 0 bridgehead atoms. The zero-order chi connectivity index (χ0) is 18.4. The monoisotopic (exact) mass is 388 g/mol. The molecule has 1 aliphatic heterocycles. The Kier molecular flexibility index (Phi) is 7.64. The molecule has 0 aliphatic carbocycles. The van der Waals surface area contributed by atoms with E-state index in [0.717, 1.165) is 24.9 Å². The summed E-state index contributed by atoms with van der Waals surface area (Å²) in [6.07, 6.45) is 2.23. The Hall–Kier alpha value is -2.57. The molecular weight excluding hydrogens is 364 g/mol. The number of nitrogens with one attached hydrogen (secondary N) is 4. The van der Waals surface area contributed by atoms with E-state index in [1.807, 2.05) is 43.3 Å². The van der Waals surface area contributed by atoms with E-state index < -0.39 is 0 Å². The Bertz CT molecular complexity index is 777. The van der Waals surface area contributed by atoms with E-state index in [1.165, 1.54) is 0 Å². The van der Waals surface area contributed by atoms with Gasteiger partial charge < -0.3 is 21.3 Å². The number of hydrogen-bond donors (Lipinski definition) is 4. The summed E-state index contributed by atoms with van der Waals surface area (Å²) in [6, 6.07) is 14.5. The predicted octanol–water partition coefficient (Wildman–Crippen LogP) is 3.54. The lowest BCUT2D eigenvalue weighted by Crippen LogP contribution is -2.37. The summed E-state index contributed by atoms with van der Waals surface area (Å²) in [5.41, 5.74) is 2.75. The molecule has 4 N–H and O–H groups in total. The number of carbonyl (C=O) groups is 2. The minimum absolute atomic E-state index is 0. The van der Waals surface area contributed by atoms with Crippen LogP contribution in [0.3, 0.4) is 0 Å². The average Bonchev–Trinajstić information content (AvgIpc) is 3.16. The molecule has 0 saturated carbocycles. The SMILES string of the molecule is Cc1ccc(C(=O)NCC2CCCN2)cc1NC(=O)Nc1ccccc1.Cl. The molecule has 6 nitrogen and oxygen atoms in total. The summed E-state index contributed by atoms with van der Waals surface area (Å²) in [6.45, 7) is 3.52. The second-order valence-electron chi connectivity index (χ2n) is 6.48. The molecule has 0 spiro atoms. The number of hydrogen-bond acceptors (Lipinski definition) is 3. The highest BCUT2D eigenvalue weighted by Crippen LogP contribution is 2.18. The van der Waals surface area contributed by atoms with Crippen molar-refractivity contribution in [3.63, 3.8) is 0 Å². The maximum atomic E-state index is 12.4. The van der Waals surface area contributed by atoms with Crippen molar-refractivity contribution in [1.29, 1.82) is 0 Å². The van der Waals surface area contributed by atoms with Crippen LogP contribution in [0.5, 0.6) is 0 Å². The Morgan fingerprint density at radius 2 is 1.89 bits per heavy atom. The number of para-hydroxylation sites is 1. The number of aryl methyl sites for hydroxylation is 1. The molecule has 7 heteroatoms. The lowest BCUT2D eigenvalue weighted by Gasteiger charge is -2.14. The molecular formula is C20H25ClN4O2. The number of rotatable bonds is 5. The van der Waals surface area contributed by atoms with Gasteiger partial charge in [-0.3, -0.25) is 4.79 Å². The zero-order valence-electron chi connectivity index (χ0n) is 15.2. The van der Waals surface area contributed by atoms with Crippen LogP contribution < -0.4 is 21.3 Å². The van der Waals surface area contributed by atoms with Crippen LogP contribution in [0.4, 0.5) is 16.2 Å². The number of urea groups is 1. The van der Waals surface area contributed by atoms with E-state index in [4.69, 9.17) is 0 Å². The predicted molar refractivity (Wildman–Crippen MR) is 111 cm³/mol. The van der Waals surface area contributed by atoms with Gasteiger partial charge in [0, 0.05) is 29.5 Å². The highest BCUT2D eigenvalue weighted by atomic mass is 35.5. The smallest absolute Gasteiger partial charge is 0.323 e. The van der Waals surface area contributed by atoms with Crippen LogP contribution in [-0.2, 0) is 0 Å². The van der Waals surface area contributed by atoms with Gasteiger partial charge in [0.05, 0.1) is 0 Å². The van der Waals surface area contributed by atoms with Crippen LogP contribution in [0.1, 0.15) is 28.8 Å². The first-order valence-electron chi connectivity index (χ1n) is 8.87. The molecule has 1 unspecified atom stereocenters. The van der Waals surface area contributed by atoms with Crippen LogP contribution in [0.15, 0.2) is 48.5 Å². The van der Waals surface area contributed by atoms with E-state index in [1.54, 1.807) is 12.1 Å². The first kappa shape index (κ1) is 20.7. The van der Waals surface area contributed by atoms with E-state index >= 15 is 0 Å². The van der Waals surface area contributed by atoms with Crippen LogP contribution in [0.25, 0.3) is 0 Å². The molecule has 27 heavy (non-hydrogen) atoms. The number of amides is 3. The maximum absolute atomic E-state index is 12.4. The maximum Gasteiger partial charge on any atom is 0.323 e. The van der Waals surface area contributed by atoms with Gasteiger partial charge in [0.15, 0.2) is 0 Å². The summed E-state index contributed by atoms with van der Waals surface area (Å²) in [5, 5.41) is 11.9. The Balaban J connectivity index is 0.00000261. The van der Waals surface area contributed by atoms with Crippen molar-refractivity contribution in [3.05, 3.63) is 59.7 Å². The minimum Gasteiger partial charge on any atom is -0.350 e. The first-order chi connectivity index (χ1) is 12.6. The molecule has 0 aromatic heterocycles. The second-order valence-corrected chi connectivity index (χ2v) is 6.48. The second kappa shape index (κ2) is 9.94. The standard InChI is InChI=1S/C20H24N4O2.ClH/c1-14-9-10-15(19(25)22-13-17-8-5-11-21-17)12-18(14)24-20(26)23-16-6-3-2-4-7-16;/h2-4,6-7,9-10,12,17,21H,5,8,11,13H2,1H3,(H,22,25)(H2,23,24,26);1H. The first-order valence-corrected chi connectivity index (χ1v) is 8.87. The summed E-state index contributed by atoms with van der Waals surface area (Å²) in [5.74, 6) is -0.134. The van der Waals surface area contributed by atoms with Crippen LogP contribution >= 0.6 is 12.4 Å². The lowest BCUT2D eigenvalue weighted by atomic mass is 10.1. The van der Waals surface area contributed by atoms with Crippen molar-refractivity contribution in [2.75, 3.05) is 23.7 Å². The molecule has 2 aromatic rings. The summed E-state index contributed by atoms with van der Waals surface area (Å²) < 4.78 is 0. The van der Waals surface area contributed by atoms with Crippen molar-refractivity contribution in [2.24, 2.45) is 0 Å². The van der Waals surface area contributed by atoms with E-state index in [0.29, 0.717) is 29.5 Å². The summed E-state index contributed by atoms with van der Waals surface area (Å²) in [7, 11) is 0. The van der Waals surface area contributed by atoms with Crippen molar-refractivity contribution in [1.82, 2.24) is 10.6 Å². The van der Waals surface area contributed by atoms with E-state index in [-0.39, 0.29) is 24.3 Å². The van der Waals surface area contributed by atoms with Crippen molar-refractivity contribution < 1.29 is 9.59 Å². The Labute approximate surface area is 165 Å². The van der Waals surface area contributed by atoms with Gasteiger partial charge in [-0.15, -0.1) is 12.4 Å². The van der Waals surface area contributed by atoms with Crippen molar-refractivity contribution in [2.45, 2.75) is 25.8 Å². The average molecular weight is 389 g/mol. The van der Waals surface area contributed by atoms with Gasteiger partial charge in [-0.25, -0.2) is 4.79 Å². The topological polar surface area (TPSA) is 82.3 Å². The van der Waals surface area contributed by atoms with Gasteiger partial charge >= 0.3 is 6.03 Å². The fourth-order valence-electron chi connectivity index (χ4n) is 2.95. The molecule has 1 aliphatic rings. The molecule has 2 aromatic carbocycles. The highest BCUT2D eigenvalue weighted by Gasteiger charge is 2.16. The fraction of sp³-hybridized carbons (Fsp3) is 0.300. The van der Waals surface area contributed by atoms with Crippen LogP contribution in [0.2, 0.25) is 0 Å². The van der Waals surface area contributed by atoms with E-state index in [2.05, 4.69) is 21.3 Å². The van der Waals surface area contributed by atoms with Crippen LogP contribution in [-0.4, -0.2) is 31.1 Å². The fourth-order valence-corrected chi connectivity index (χ4v) is 2.95. The van der Waals surface area contributed by atoms with Gasteiger partial charge in [-0.05, 0) is 56.1 Å². The molecule has 1 heterocycles.